The lowest BCUT2D eigenvalue weighted by atomic mass is 9.85. The smallest absolute Gasteiger partial charge is 0.306 e. The minimum absolute atomic E-state index is 0.0962. The van der Waals surface area contributed by atoms with Gasteiger partial charge in [-0.1, -0.05) is 26.7 Å². The van der Waals surface area contributed by atoms with E-state index in [1.165, 1.54) is 0 Å². The lowest BCUT2D eigenvalue weighted by Crippen LogP contribution is -2.56. The van der Waals surface area contributed by atoms with Crippen molar-refractivity contribution in [3.63, 3.8) is 0 Å². The number of morpholine rings is 1. The SMILES string of the molecule is CCC(CC)C(C(=O)NC1CCC(C(=O)O)CC1)N1CCOCC1. The highest BCUT2D eigenvalue weighted by atomic mass is 16.5. The molecular weight excluding hydrogens is 308 g/mol. The van der Waals surface area contributed by atoms with Crippen molar-refractivity contribution in [2.45, 2.75) is 64.5 Å². The molecule has 0 aromatic carbocycles. The van der Waals surface area contributed by atoms with Gasteiger partial charge in [-0.25, -0.2) is 0 Å². The fourth-order valence-electron chi connectivity index (χ4n) is 4.04. The van der Waals surface area contributed by atoms with Gasteiger partial charge in [-0.2, -0.15) is 0 Å². The van der Waals surface area contributed by atoms with Crippen LogP contribution in [0, 0.1) is 11.8 Å². The second-order valence-corrected chi connectivity index (χ2v) is 7.07. The Balaban J connectivity index is 1.95. The van der Waals surface area contributed by atoms with E-state index in [9.17, 15) is 9.59 Å². The van der Waals surface area contributed by atoms with Crippen LogP contribution in [0.15, 0.2) is 0 Å². The molecule has 6 heteroatoms. The summed E-state index contributed by atoms with van der Waals surface area (Å²) >= 11 is 0. The number of carbonyl (C=O) groups is 2. The molecule has 2 aliphatic rings. The Labute approximate surface area is 144 Å². The molecule has 2 fully saturated rings. The van der Waals surface area contributed by atoms with Crippen LogP contribution >= 0.6 is 0 Å². The average molecular weight is 340 g/mol. The van der Waals surface area contributed by atoms with E-state index in [0.29, 0.717) is 32.0 Å². The van der Waals surface area contributed by atoms with E-state index in [2.05, 4.69) is 24.1 Å². The van der Waals surface area contributed by atoms with Crippen LogP contribution in [0.1, 0.15) is 52.4 Å². The molecule has 0 aromatic heterocycles. The molecule has 1 atom stereocenters. The summed E-state index contributed by atoms with van der Waals surface area (Å²) in [5, 5.41) is 12.3. The molecule has 1 saturated carbocycles. The monoisotopic (exact) mass is 340 g/mol. The molecule has 0 bridgehead atoms. The molecule has 24 heavy (non-hydrogen) atoms. The van der Waals surface area contributed by atoms with Crippen LogP contribution in [0.2, 0.25) is 0 Å². The van der Waals surface area contributed by atoms with Crippen LogP contribution in [0.5, 0.6) is 0 Å². The van der Waals surface area contributed by atoms with Crippen LogP contribution in [0.4, 0.5) is 0 Å². The zero-order chi connectivity index (χ0) is 17.5. The Bertz CT molecular complexity index is 411. The van der Waals surface area contributed by atoms with E-state index in [-0.39, 0.29) is 23.9 Å². The predicted octanol–water partition coefficient (Wildman–Crippen LogP) is 1.88. The maximum absolute atomic E-state index is 13.0. The first-order chi connectivity index (χ1) is 11.6. The number of aliphatic carboxylic acids is 1. The topological polar surface area (TPSA) is 78.9 Å². The summed E-state index contributed by atoms with van der Waals surface area (Å²) in [7, 11) is 0. The van der Waals surface area contributed by atoms with Crippen molar-refractivity contribution >= 4 is 11.9 Å². The van der Waals surface area contributed by atoms with Gasteiger partial charge in [0.25, 0.3) is 0 Å². The van der Waals surface area contributed by atoms with Crippen LogP contribution in [0.3, 0.4) is 0 Å². The van der Waals surface area contributed by atoms with Crippen LogP contribution in [-0.2, 0) is 14.3 Å². The van der Waals surface area contributed by atoms with Crippen molar-refractivity contribution in [3.8, 4) is 0 Å². The van der Waals surface area contributed by atoms with Crippen molar-refractivity contribution in [2.75, 3.05) is 26.3 Å². The van der Waals surface area contributed by atoms with Crippen LogP contribution in [-0.4, -0.2) is 60.3 Å². The Morgan fingerprint density at radius 2 is 1.71 bits per heavy atom. The van der Waals surface area contributed by atoms with Crippen molar-refractivity contribution in [2.24, 2.45) is 11.8 Å². The second kappa shape index (κ2) is 9.37. The highest BCUT2D eigenvalue weighted by Crippen LogP contribution is 2.26. The van der Waals surface area contributed by atoms with Gasteiger partial charge in [-0.15, -0.1) is 0 Å². The lowest BCUT2D eigenvalue weighted by molar-refractivity contribution is -0.142. The Kier molecular flexibility index (Phi) is 7.49. The number of carboxylic acid groups (broad SMARTS) is 1. The van der Waals surface area contributed by atoms with E-state index >= 15 is 0 Å². The minimum Gasteiger partial charge on any atom is -0.481 e. The summed E-state index contributed by atoms with van der Waals surface area (Å²) in [6.07, 6.45) is 4.82. The maximum Gasteiger partial charge on any atom is 0.306 e. The van der Waals surface area contributed by atoms with Crippen LogP contribution in [0.25, 0.3) is 0 Å². The first-order valence-electron chi connectivity index (χ1n) is 9.41. The van der Waals surface area contributed by atoms with Gasteiger partial charge in [-0.3, -0.25) is 14.5 Å². The van der Waals surface area contributed by atoms with Crippen molar-refractivity contribution in [1.29, 1.82) is 0 Å². The number of ether oxygens (including phenoxy) is 1. The number of hydrogen-bond acceptors (Lipinski definition) is 4. The van der Waals surface area contributed by atoms with Crippen LogP contribution < -0.4 is 5.32 Å². The van der Waals surface area contributed by atoms with Gasteiger partial charge >= 0.3 is 5.97 Å². The third-order valence-corrected chi connectivity index (χ3v) is 5.63. The number of rotatable bonds is 7. The predicted molar refractivity (Wildman–Crippen MR) is 91.8 cm³/mol. The minimum atomic E-state index is -0.706. The highest BCUT2D eigenvalue weighted by Gasteiger charge is 2.35. The fourth-order valence-corrected chi connectivity index (χ4v) is 4.04. The molecule has 2 rings (SSSR count). The molecule has 1 heterocycles. The summed E-state index contributed by atoms with van der Waals surface area (Å²) in [6.45, 7) is 7.28. The van der Waals surface area contributed by atoms with Crippen molar-refractivity contribution < 1.29 is 19.4 Å². The summed E-state index contributed by atoms with van der Waals surface area (Å²) < 4.78 is 5.43. The molecule has 0 spiro atoms. The molecule has 1 amide bonds. The largest absolute Gasteiger partial charge is 0.481 e. The van der Waals surface area contributed by atoms with Gasteiger partial charge in [0.2, 0.25) is 5.91 Å². The Morgan fingerprint density at radius 3 is 2.21 bits per heavy atom. The zero-order valence-electron chi connectivity index (χ0n) is 15.0. The molecule has 1 unspecified atom stereocenters. The van der Waals surface area contributed by atoms with E-state index < -0.39 is 5.97 Å². The molecule has 1 saturated heterocycles. The quantitative estimate of drug-likeness (QED) is 0.740. The number of carbonyl (C=O) groups excluding carboxylic acids is 1. The third kappa shape index (κ3) is 4.93. The standard InChI is InChI=1S/C18H32N2O4/c1-3-13(4-2)16(20-9-11-24-12-10-20)17(21)19-15-7-5-14(6-8-15)18(22)23/h13-16H,3-12H2,1-2H3,(H,19,21)(H,22,23). The number of nitrogens with zero attached hydrogens (tertiary/aromatic N) is 1. The van der Waals surface area contributed by atoms with Gasteiger partial charge in [0.15, 0.2) is 0 Å². The highest BCUT2D eigenvalue weighted by molar-refractivity contribution is 5.82. The molecule has 6 nitrogen and oxygen atoms in total. The first-order valence-corrected chi connectivity index (χ1v) is 9.41. The molecule has 138 valence electrons. The first kappa shape index (κ1) is 19.2. The molecule has 0 aromatic rings. The summed E-state index contributed by atoms with van der Waals surface area (Å²) in [5.41, 5.74) is 0. The normalized spacial score (nSPS) is 27.0. The van der Waals surface area contributed by atoms with E-state index in [0.717, 1.165) is 38.8 Å². The average Bonchev–Trinajstić information content (AvgIpc) is 2.60. The lowest BCUT2D eigenvalue weighted by Gasteiger charge is -2.39. The van der Waals surface area contributed by atoms with Gasteiger partial charge in [0, 0.05) is 19.1 Å². The van der Waals surface area contributed by atoms with Gasteiger partial charge in [0.1, 0.15) is 0 Å². The molecule has 2 N–H and O–H groups in total. The Hall–Kier alpha value is -1.14. The maximum atomic E-state index is 13.0. The van der Waals surface area contributed by atoms with Crippen molar-refractivity contribution in [1.82, 2.24) is 10.2 Å². The van der Waals surface area contributed by atoms with Crippen molar-refractivity contribution in [3.05, 3.63) is 0 Å². The molecule has 0 radical (unpaired) electrons. The number of amides is 1. The zero-order valence-corrected chi connectivity index (χ0v) is 15.0. The fraction of sp³-hybridized carbons (Fsp3) is 0.889. The molecular formula is C18H32N2O4. The van der Waals surface area contributed by atoms with Gasteiger partial charge < -0.3 is 15.2 Å². The van der Waals surface area contributed by atoms with Gasteiger partial charge in [0.05, 0.1) is 25.2 Å². The van der Waals surface area contributed by atoms with Gasteiger partial charge in [-0.05, 0) is 31.6 Å². The molecule has 1 aliphatic carbocycles. The number of nitrogens with one attached hydrogen (secondary N) is 1. The summed E-state index contributed by atoms with van der Waals surface area (Å²) in [6, 6.07) is 0.0205. The van der Waals surface area contributed by atoms with E-state index in [1.54, 1.807) is 0 Å². The second-order valence-electron chi connectivity index (χ2n) is 7.07. The summed E-state index contributed by atoms with van der Waals surface area (Å²) in [4.78, 5) is 26.3. The molecule has 1 aliphatic heterocycles. The van der Waals surface area contributed by atoms with E-state index in [4.69, 9.17) is 9.84 Å². The third-order valence-electron chi connectivity index (χ3n) is 5.63. The van der Waals surface area contributed by atoms with E-state index in [1.807, 2.05) is 0 Å². The number of carboxylic acids is 1. The number of hydrogen-bond donors (Lipinski definition) is 2. The Morgan fingerprint density at radius 1 is 1.12 bits per heavy atom. The summed E-state index contributed by atoms with van der Waals surface area (Å²) in [5.74, 6) is -0.488.